The van der Waals surface area contributed by atoms with Gasteiger partial charge in [0.15, 0.2) is 0 Å². The third-order valence-corrected chi connectivity index (χ3v) is 3.86. The van der Waals surface area contributed by atoms with E-state index in [1.165, 1.54) is 12.3 Å². The molecule has 1 saturated carbocycles. The van der Waals surface area contributed by atoms with Gasteiger partial charge in [0.25, 0.3) is 0 Å². The molecule has 2 N–H and O–H groups in total. The standard InChI is InChI=1S/C13H18ClN3O3/c14-10-7-11(17(19)20)12(15-8-10)16-9-13(18)5-3-1-2-4-6-13/h7-8,18H,1-6,9H2,(H,15,16). The molecule has 7 heteroatoms. The van der Waals surface area contributed by atoms with E-state index in [0.29, 0.717) is 12.8 Å². The summed E-state index contributed by atoms with van der Waals surface area (Å²) in [5.41, 5.74) is -0.985. The van der Waals surface area contributed by atoms with Gasteiger partial charge in [0.2, 0.25) is 5.82 Å². The number of aromatic nitrogens is 1. The molecule has 1 aliphatic carbocycles. The summed E-state index contributed by atoms with van der Waals surface area (Å²) in [6.07, 6.45) is 6.99. The summed E-state index contributed by atoms with van der Waals surface area (Å²) >= 11 is 5.71. The van der Waals surface area contributed by atoms with Gasteiger partial charge in [0.05, 0.1) is 15.5 Å². The molecule has 6 nitrogen and oxygen atoms in total. The molecule has 1 aromatic rings. The lowest BCUT2D eigenvalue weighted by Gasteiger charge is -2.26. The number of anilines is 1. The minimum atomic E-state index is -0.814. The van der Waals surface area contributed by atoms with E-state index in [2.05, 4.69) is 10.3 Å². The van der Waals surface area contributed by atoms with Crippen LogP contribution in [0.2, 0.25) is 5.02 Å². The highest BCUT2D eigenvalue weighted by Gasteiger charge is 2.29. The number of nitrogens with zero attached hydrogens (tertiary/aromatic N) is 2. The first kappa shape index (κ1) is 15.0. The lowest BCUT2D eigenvalue weighted by atomic mass is 9.94. The maximum atomic E-state index is 11.0. The van der Waals surface area contributed by atoms with Crippen LogP contribution in [0.1, 0.15) is 38.5 Å². The summed E-state index contributed by atoms with van der Waals surface area (Å²) in [5, 5.41) is 24.6. The molecular weight excluding hydrogens is 282 g/mol. The van der Waals surface area contributed by atoms with Crippen LogP contribution < -0.4 is 5.32 Å². The third kappa shape index (κ3) is 3.80. The van der Waals surface area contributed by atoms with Crippen molar-refractivity contribution < 1.29 is 10.0 Å². The van der Waals surface area contributed by atoms with Crippen LogP contribution in [0, 0.1) is 10.1 Å². The van der Waals surface area contributed by atoms with Crippen molar-refractivity contribution in [3.8, 4) is 0 Å². The molecule has 1 fully saturated rings. The van der Waals surface area contributed by atoms with Gasteiger partial charge in [-0.3, -0.25) is 10.1 Å². The lowest BCUT2D eigenvalue weighted by Crippen LogP contribution is -2.36. The molecule has 0 spiro atoms. The van der Waals surface area contributed by atoms with Crippen molar-refractivity contribution in [2.45, 2.75) is 44.1 Å². The van der Waals surface area contributed by atoms with Crippen LogP contribution in [0.15, 0.2) is 12.3 Å². The molecule has 110 valence electrons. The molecular formula is C13H18ClN3O3. The topological polar surface area (TPSA) is 88.3 Å². The van der Waals surface area contributed by atoms with E-state index < -0.39 is 10.5 Å². The Labute approximate surface area is 122 Å². The molecule has 0 radical (unpaired) electrons. The summed E-state index contributed by atoms with van der Waals surface area (Å²) in [6, 6.07) is 1.26. The van der Waals surface area contributed by atoms with Crippen LogP contribution >= 0.6 is 11.6 Å². The summed E-state index contributed by atoms with van der Waals surface area (Å²) in [6.45, 7) is 0.266. The number of hydrogen-bond donors (Lipinski definition) is 2. The molecule has 0 saturated heterocycles. The van der Waals surface area contributed by atoms with Crippen molar-refractivity contribution in [1.82, 2.24) is 4.98 Å². The molecule has 1 heterocycles. The molecule has 2 rings (SSSR count). The first-order valence-corrected chi connectivity index (χ1v) is 7.14. The third-order valence-electron chi connectivity index (χ3n) is 3.65. The predicted molar refractivity (Wildman–Crippen MR) is 77.0 cm³/mol. The highest BCUT2D eigenvalue weighted by atomic mass is 35.5. The van der Waals surface area contributed by atoms with E-state index >= 15 is 0 Å². The smallest absolute Gasteiger partial charge is 0.312 e. The van der Waals surface area contributed by atoms with Crippen molar-refractivity contribution in [2.24, 2.45) is 0 Å². The molecule has 0 atom stereocenters. The summed E-state index contributed by atoms with van der Waals surface area (Å²) in [5.74, 6) is 0.150. The Morgan fingerprint density at radius 2 is 2.05 bits per heavy atom. The van der Waals surface area contributed by atoms with Gasteiger partial charge < -0.3 is 10.4 Å². The largest absolute Gasteiger partial charge is 0.388 e. The number of pyridine rings is 1. The van der Waals surface area contributed by atoms with Gasteiger partial charge in [-0.1, -0.05) is 37.3 Å². The van der Waals surface area contributed by atoms with Gasteiger partial charge in [-0.25, -0.2) is 4.98 Å². The van der Waals surface area contributed by atoms with E-state index in [-0.39, 0.29) is 23.1 Å². The van der Waals surface area contributed by atoms with E-state index in [4.69, 9.17) is 11.6 Å². The van der Waals surface area contributed by atoms with Gasteiger partial charge in [-0.05, 0) is 12.8 Å². The van der Waals surface area contributed by atoms with Crippen molar-refractivity contribution in [3.05, 3.63) is 27.4 Å². The SMILES string of the molecule is O=[N+]([O-])c1cc(Cl)cnc1NCC1(O)CCCCCC1. The zero-order valence-corrected chi connectivity index (χ0v) is 11.9. The number of rotatable bonds is 4. The Morgan fingerprint density at radius 3 is 2.65 bits per heavy atom. The second kappa shape index (κ2) is 6.37. The first-order valence-electron chi connectivity index (χ1n) is 6.76. The molecule has 1 aromatic heterocycles. The second-order valence-corrected chi connectivity index (χ2v) is 5.71. The van der Waals surface area contributed by atoms with E-state index in [1.54, 1.807) is 0 Å². The average molecular weight is 300 g/mol. The quantitative estimate of drug-likeness (QED) is 0.506. The highest BCUT2D eigenvalue weighted by molar-refractivity contribution is 6.30. The Hall–Kier alpha value is -1.40. The number of aliphatic hydroxyl groups is 1. The fraction of sp³-hybridized carbons (Fsp3) is 0.615. The van der Waals surface area contributed by atoms with Crippen LogP contribution in [-0.2, 0) is 0 Å². The summed E-state index contributed by atoms with van der Waals surface area (Å²) in [4.78, 5) is 14.4. The second-order valence-electron chi connectivity index (χ2n) is 5.27. The summed E-state index contributed by atoms with van der Waals surface area (Å²) < 4.78 is 0. The molecule has 0 unspecified atom stereocenters. The van der Waals surface area contributed by atoms with Crippen molar-refractivity contribution in [3.63, 3.8) is 0 Å². The van der Waals surface area contributed by atoms with Crippen molar-refractivity contribution in [1.29, 1.82) is 0 Å². The maximum Gasteiger partial charge on any atom is 0.312 e. The molecule has 0 aliphatic heterocycles. The fourth-order valence-corrected chi connectivity index (χ4v) is 2.67. The average Bonchev–Trinajstić information content (AvgIpc) is 2.62. The maximum absolute atomic E-state index is 11.0. The number of hydrogen-bond acceptors (Lipinski definition) is 5. The van der Waals surface area contributed by atoms with Gasteiger partial charge in [0.1, 0.15) is 0 Å². The predicted octanol–water partition coefficient (Wildman–Crippen LogP) is 3.14. The van der Waals surface area contributed by atoms with Crippen LogP contribution in [-0.4, -0.2) is 27.2 Å². The first-order chi connectivity index (χ1) is 9.50. The van der Waals surface area contributed by atoms with Crippen LogP contribution in [0.4, 0.5) is 11.5 Å². The minimum Gasteiger partial charge on any atom is -0.388 e. The number of nitro groups is 1. The van der Waals surface area contributed by atoms with Crippen LogP contribution in [0.5, 0.6) is 0 Å². The van der Waals surface area contributed by atoms with Gasteiger partial charge in [0, 0.05) is 18.8 Å². The molecule has 0 aromatic carbocycles. The van der Waals surface area contributed by atoms with E-state index in [9.17, 15) is 15.2 Å². The highest BCUT2D eigenvalue weighted by Crippen LogP contribution is 2.29. The number of halogens is 1. The molecule has 0 amide bonds. The zero-order chi connectivity index (χ0) is 14.6. The Kier molecular flexibility index (Phi) is 4.77. The summed E-state index contributed by atoms with van der Waals surface area (Å²) in [7, 11) is 0. The Morgan fingerprint density at radius 1 is 1.40 bits per heavy atom. The lowest BCUT2D eigenvalue weighted by molar-refractivity contribution is -0.384. The van der Waals surface area contributed by atoms with Gasteiger partial charge in [-0.2, -0.15) is 0 Å². The minimum absolute atomic E-state index is 0.150. The van der Waals surface area contributed by atoms with E-state index in [1.807, 2.05) is 0 Å². The van der Waals surface area contributed by atoms with Crippen molar-refractivity contribution in [2.75, 3.05) is 11.9 Å². The Bertz CT molecular complexity index is 488. The number of nitrogens with one attached hydrogen (secondary N) is 1. The zero-order valence-electron chi connectivity index (χ0n) is 11.1. The van der Waals surface area contributed by atoms with E-state index in [0.717, 1.165) is 25.7 Å². The normalized spacial score (nSPS) is 18.3. The fourth-order valence-electron chi connectivity index (χ4n) is 2.52. The Balaban J connectivity index is 2.08. The molecule has 1 aliphatic rings. The van der Waals surface area contributed by atoms with Crippen LogP contribution in [0.25, 0.3) is 0 Å². The van der Waals surface area contributed by atoms with Crippen LogP contribution in [0.3, 0.4) is 0 Å². The van der Waals surface area contributed by atoms with Gasteiger partial charge in [-0.15, -0.1) is 0 Å². The van der Waals surface area contributed by atoms with Gasteiger partial charge >= 0.3 is 5.69 Å². The van der Waals surface area contributed by atoms with Crippen molar-refractivity contribution >= 4 is 23.1 Å². The molecule has 20 heavy (non-hydrogen) atoms. The molecule has 0 bridgehead atoms. The monoisotopic (exact) mass is 299 g/mol.